The van der Waals surface area contributed by atoms with Crippen molar-refractivity contribution in [1.82, 2.24) is 10.6 Å². The molecule has 5 rings (SSSR count). The first-order chi connectivity index (χ1) is 16.8. The highest BCUT2D eigenvalue weighted by Gasteiger charge is 2.48. The van der Waals surface area contributed by atoms with E-state index in [1.807, 2.05) is 24.3 Å². The van der Waals surface area contributed by atoms with Crippen LogP contribution in [0, 0.1) is 5.41 Å². The summed E-state index contributed by atoms with van der Waals surface area (Å²) in [6.07, 6.45) is 1.77. The molecule has 0 spiro atoms. The highest BCUT2D eigenvalue weighted by molar-refractivity contribution is 5.82. The number of carbonyl (C=O) groups excluding carboxylic acids is 2. The summed E-state index contributed by atoms with van der Waals surface area (Å²) in [6.45, 7) is 1.98. The van der Waals surface area contributed by atoms with Gasteiger partial charge in [0.2, 0.25) is 5.91 Å². The fourth-order valence-electron chi connectivity index (χ4n) is 5.44. The number of carboxylic acids is 1. The third kappa shape index (κ3) is 4.27. The summed E-state index contributed by atoms with van der Waals surface area (Å²) in [5.41, 5.74) is 2.76. The summed E-state index contributed by atoms with van der Waals surface area (Å²) in [5, 5.41) is 15.3. The standard InChI is InChI=1S/C27H30N2O6/c1-26(24(31)32)16-34-15-22(26)28-23(30)13-27(11-6-12-27)29-25(33)35-14-21-19-9-4-2-7-17(19)18-8-3-5-10-20(18)21/h2-5,7-10,21-22H,6,11-16H2,1H3,(H,28,30)(H,29,33)(H,31,32). The number of nitrogens with one attached hydrogen (secondary N) is 2. The molecule has 2 aliphatic carbocycles. The van der Waals surface area contributed by atoms with Crippen LogP contribution in [0.4, 0.5) is 4.79 Å². The number of fused-ring (bicyclic) bond motifs is 3. The third-order valence-electron chi connectivity index (χ3n) is 7.80. The van der Waals surface area contributed by atoms with Crippen molar-refractivity contribution in [2.75, 3.05) is 19.8 Å². The number of ether oxygens (including phenoxy) is 2. The van der Waals surface area contributed by atoms with E-state index in [1.165, 1.54) is 0 Å². The van der Waals surface area contributed by atoms with Crippen LogP contribution < -0.4 is 10.6 Å². The molecule has 184 valence electrons. The molecule has 2 aromatic carbocycles. The molecular formula is C27H30N2O6. The molecule has 2 fully saturated rings. The largest absolute Gasteiger partial charge is 0.481 e. The van der Waals surface area contributed by atoms with Gasteiger partial charge in [-0.1, -0.05) is 48.5 Å². The molecule has 8 heteroatoms. The smallest absolute Gasteiger partial charge is 0.407 e. The molecule has 0 radical (unpaired) electrons. The molecule has 2 amide bonds. The summed E-state index contributed by atoms with van der Waals surface area (Å²) < 4.78 is 11.0. The van der Waals surface area contributed by atoms with Crippen LogP contribution in [0.15, 0.2) is 48.5 Å². The van der Waals surface area contributed by atoms with Gasteiger partial charge in [0.25, 0.3) is 0 Å². The second kappa shape index (κ2) is 9.00. The number of aliphatic carboxylic acids is 1. The number of rotatable bonds is 7. The number of alkyl carbamates (subject to hydrolysis) is 1. The van der Waals surface area contributed by atoms with E-state index in [0.717, 1.165) is 28.7 Å². The van der Waals surface area contributed by atoms with Crippen molar-refractivity contribution in [3.05, 3.63) is 59.7 Å². The Hall–Kier alpha value is -3.39. The Morgan fingerprint density at radius 1 is 1.06 bits per heavy atom. The highest BCUT2D eigenvalue weighted by Crippen LogP contribution is 2.44. The van der Waals surface area contributed by atoms with Gasteiger partial charge >= 0.3 is 12.1 Å². The maximum atomic E-state index is 12.8. The molecular weight excluding hydrogens is 448 g/mol. The SMILES string of the molecule is CC1(C(=O)O)COCC1NC(=O)CC1(NC(=O)OCC2c3ccccc3-c3ccccc32)CCC1. The van der Waals surface area contributed by atoms with E-state index in [2.05, 4.69) is 34.9 Å². The van der Waals surface area contributed by atoms with Gasteiger partial charge in [0.1, 0.15) is 12.0 Å². The monoisotopic (exact) mass is 478 g/mol. The Labute approximate surface area is 204 Å². The van der Waals surface area contributed by atoms with E-state index in [9.17, 15) is 19.5 Å². The van der Waals surface area contributed by atoms with Crippen LogP contribution in [0.5, 0.6) is 0 Å². The molecule has 1 saturated carbocycles. The Balaban J connectivity index is 1.20. The van der Waals surface area contributed by atoms with Gasteiger partial charge in [0.05, 0.1) is 24.8 Å². The molecule has 35 heavy (non-hydrogen) atoms. The average molecular weight is 479 g/mol. The van der Waals surface area contributed by atoms with Crippen LogP contribution in [-0.2, 0) is 19.1 Å². The lowest BCUT2D eigenvalue weighted by Crippen LogP contribution is -2.58. The Morgan fingerprint density at radius 2 is 1.69 bits per heavy atom. The Kier molecular flexibility index (Phi) is 6.01. The van der Waals surface area contributed by atoms with Crippen LogP contribution in [0.2, 0.25) is 0 Å². The van der Waals surface area contributed by atoms with Crippen molar-refractivity contribution in [2.24, 2.45) is 5.41 Å². The number of carboxylic acid groups (broad SMARTS) is 1. The molecule has 3 aliphatic rings. The van der Waals surface area contributed by atoms with Crippen molar-refractivity contribution >= 4 is 18.0 Å². The van der Waals surface area contributed by atoms with Crippen LogP contribution in [-0.4, -0.2) is 54.5 Å². The van der Waals surface area contributed by atoms with E-state index in [1.54, 1.807) is 6.92 Å². The quantitative estimate of drug-likeness (QED) is 0.562. The Morgan fingerprint density at radius 3 is 2.26 bits per heavy atom. The number of carbonyl (C=O) groups is 3. The molecule has 0 bridgehead atoms. The van der Waals surface area contributed by atoms with Gasteiger partial charge in [-0.25, -0.2) is 4.79 Å². The van der Waals surface area contributed by atoms with Crippen molar-refractivity contribution < 1.29 is 29.0 Å². The van der Waals surface area contributed by atoms with Gasteiger partial charge < -0.3 is 25.2 Å². The van der Waals surface area contributed by atoms with Gasteiger partial charge in [0, 0.05) is 12.3 Å². The van der Waals surface area contributed by atoms with E-state index < -0.39 is 29.1 Å². The highest BCUT2D eigenvalue weighted by atomic mass is 16.5. The van der Waals surface area contributed by atoms with E-state index in [4.69, 9.17) is 9.47 Å². The lowest BCUT2D eigenvalue weighted by Gasteiger charge is -2.42. The minimum Gasteiger partial charge on any atom is -0.481 e. The maximum Gasteiger partial charge on any atom is 0.407 e. The van der Waals surface area contributed by atoms with E-state index >= 15 is 0 Å². The molecule has 3 N–H and O–H groups in total. The molecule has 8 nitrogen and oxygen atoms in total. The predicted octanol–water partition coefficient (Wildman–Crippen LogP) is 3.44. The fraction of sp³-hybridized carbons (Fsp3) is 0.444. The summed E-state index contributed by atoms with van der Waals surface area (Å²) in [6, 6.07) is 15.7. The van der Waals surface area contributed by atoms with Gasteiger partial charge in [-0.05, 0) is 48.4 Å². The summed E-state index contributed by atoms with van der Waals surface area (Å²) in [5.74, 6) is -1.34. The van der Waals surface area contributed by atoms with Crippen LogP contribution in [0.25, 0.3) is 11.1 Å². The second-order valence-corrected chi connectivity index (χ2v) is 10.1. The summed E-state index contributed by atoms with van der Waals surface area (Å²) in [7, 11) is 0. The van der Waals surface area contributed by atoms with Crippen molar-refractivity contribution in [2.45, 2.75) is 50.1 Å². The fourth-order valence-corrected chi connectivity index (χ4v) is 5.44. The van der Waals surface area contributed by atoms with Gasteiger partial charge in [-0.3, -0.25) is 9.59 Å². The van der Waals surface area contributed by atoms with E-state index in [-0.39, 0.29) is 38.1 Å². The van der Waals surface area contributed by atoms with Gasteiger partial charge in [-0.2, -0.15) is 0 Å². The van der Waals surface area contributed by atoms with E-state index in [0.29, 0.717) is 12.8 Å². The number of hydrogen-bond donors (Lipinski definition) is 3. The third-order valence-corrected chi connectivity index (χ3v) is 7.80. The number of benzene rings is 2. The van der Waals surface area contributed by atoms with Crippen LogP contribution >= 0.6 is 0 Å². The van der Waals surface area contributed by atoms with Crippen LogP contribution in [0.3, 0.4) is 0 Å². The van der Waals surface area contributed by atoms with Crippen LogP contribution in [0.1, 0.15) is 49.7 Å². The summed E-state index contributed by atoms with van der Waals surface area (Å²) in [4.78, 5) is 37.2. The van der Waals surface area contributed by atoms with Crippen molar-refractivity contribution in [1.29, 1.82) is 0 Å². The summed E-state index contributed by atoms with van der Waals surface area (Å²) >= 11 is 0. The molecule has 1 aliphatic heterocycles. The maximum absolute atomic E-state index is 12.8. The zero-order valence-corrected chi connectivity index (χ0v) is 19.7. The van der Waals surface area contributed by atoms with Gasteiger partial charge in [0.15, 0.2) is 0 Å². The zero-order chi connectivity index (χ0) is 24.6. The lowest BCUT2D eigenvalue weighted by molar-refractivity contribution is -0.149. The first-order valence-electron chi connectivity index (χ1n) is 12.0. The molecule has 1 heterocycles. The number of hydrogen-bond acceptors (Lipinski definition) is 5. The zero-order valence-electron chi connectivity index (χ0n) is 19.7. The minimum atomic E-state index is -1.16. The molecule has 0 aromatic heterocycles. The second-order valence-electron chi connectivity index (χ2n) is 10.1. The predicted molar refractivity (Wildman–Crippen MR) is 128 cm³/mol. The van der Waals surface area contributed by atoms with Crippen molar-refractivity contribution in [3.63, 3.8) is 0 Å². The molecule has 2 atom stereocenters. The van der Waals surface area contributed by atoms with Gasteiger partial charge in [-0.15, -0.1) is 0 Å². The Bertz CT molecular complexity index is 1110. The molecule has 2 aromatic rings. The first-order valence-corrected chi connectivity index (χ1v) is 12.0. The van der Waals surface area contributed by atoms with Crippen molar-refractivity contribution in [3.8, 4) is 11.1 Å². The normalized spacial score (nSPS) is 24.1. The topological polar surface area (TPSA) is 114 Å². The molecule has 2 unspecified atom stereocenters. The minimum absolute atomic E-state index is 0.0372. The molecule has 1 saturated heterocycles. The number of amides is 2. The average Bonchev–Trinajstić information content (AvgIpc) is 3.35. The lowest BCUT2D eigenvalue weighted by atomic mass is 9.74. The first kappa shape index (κ1) is 23.4.